The molecule has 9 nitrogen and oxygen atoms in total. The summed E-state index contributed by atoms with van der Waals surface area (Å²) in [6.45, 7) is 4.37. The SMILES string of the molecule is CCOC(=O)c1cc(S(=O)(=O)NC2CCCNC2)cc([N+](=O)[O-])c1C.Cl. The fourth-order valence-electron chi connectivity index (χ4n) is 2.68. The minimum atomic E-state index is -4.01. The third-order valence-electron chi connectivity index (χ3n) is 3.97. The number of carbonyl (C=O) groups excluding carboxylic acids is 1. The molecule has 0 aliphatic carbocycles. The maximum Gasteiger partial charge on any atom is 0.338 e. The zero-order valence-corrected chi connectivity index (χ0v) is 16.1. The van der Waals surface area contributed by atoms with E-state index in [0.717, 1.165) is 25.1 Å². The van der Waals surface area contributed by atoms with Crippen molar-refractivity contribution in [2.24, 2.45) is 0 Å². The number of nitro benzene ring substituents is 1. The third-order valence-corrected chi connectivity index (χ3v) is 5.47. The molecule has 0 saturated carbocycles. The number of rotatable bonds is 6. The van der Waals surface area contributed by atoms with Gasteiger partial charge in [-0.2, -0.15) is 0 Å². The lowest BCUT2D eigenvalue weighted by atomic mass is 10.1. The van der Waals surface area contributed by atoms with Gasteiger partial charge in [0.15, 0.2) is 0 Å². The standard InChI is InChI=1S/C15H21N3O6S.ClH/c1-3-24-15(19)13-7-12(8-14(10(13)2)18(20)21)25(22,23)17-11-5-4-6-16-9-11;/h7-8,11,16-17H,3-6,9H2,1-2H3;1H. The van der Waals surface area contributed by atoms with Gasteiger partial charge < -0.3 is 10.1 Å². The summed E-state index contributed by atoms with van der Waals surface area (Å²) in [5.74, 6) is -0.792. The minimum Gasteiger partial charge on any atom is -0.462 e. The molecule has 1 fully saturated rings. The molecular weight excluding hydrogens is 386 g/mol. The van der Waals surface area contributed by atoms with Crippen LogP contribution in [0.3, 0.4) is 0 Å². The van der Waals surface area contributed by atoms with E-state index in [4.69, 9.17) is 4.74 Å². The zero-order valence-electron chi connectivity index (χ0n) is 14.5. The van der Waals surface area contributed by atoms with Gasteiger partial charge in [0.05, 0.1) is 22.0 Å². The highest BCUT2D eigenvalue weighted by Crippen LogP contribution is 2.27. The van der Waals surface area contributed by atoms with Gasteiger partial charge in [-0.05, 0) is 39.3 Å². The molecule has 0 bridgehead atoms. The number of halogens is 1. The first-order valence-corrected chi connectivity index (χ1v) is 9.43. The molecule has 1 atom stereocenters. The molecule has 0 aromatic heterocycles. The lowest BCUT2D eigenvalue weighted by Gasteiger charge is -2.23. The summed E-state index contributed by atoms with van der Waals surface area (Å²) in [4.78, 5) is 22.3. The van der Waals surface area contributed by atoms with E-state index in [9.17, 15) is 23.3 Å². The van der Waals surface area contributed by atoms with Crippen molar-refractivity contribution in [1.82, 2.24) is 10.0 Å². The van der Waals surface area contributed by atoms with Crippen LogP contribution in [0.4, 0.5) is 5.69 Å². The van der Waals surface area contributed by atoms with Crippen LogP contribution in [0.15, 0.2) is 17.0 Å². The Morgan fingerprint density at radius 3 is 2.69 bits per heavy atom. The molecule has 26 heavy (non-hydrogen) atoms. The van der Waals surface area contributed by atoms with Crippen molar-refractivity contribution < 1.29 is 22.9 Å². The molecule has 1 unspecified atom stereocenters. The molecule has 1 saturated heterocycles. The average molecular weight is 408 g/mol. The van der Waals surface area contributed by atoms with E-state index in [0.29, 0.717) is 13.0 Å². The monoisotopic (exact) mass is 407 g/mol. The average Bonchev–Trinajstić information content (AvgIpc) is 2.55. The molecule has 146 valence electrons. The van der Waals surface area contributed by atoms with E-state index in [1.54, 1.807) is 6.92 Å². The number of sulfonamides is 1. The van der Waals surface area contributed by atoms with E-state index < -0.39 is 26.6 Å². The number of ether oxygens (including phenoxy) is 1. The summed E-state index contributed by atoms with van der Waals surface area (Å²) in [5, 5.41) is 14.3. The minimum absolute atomic E-state index is 0. The largest absolute Gasteiger partial charge is 0.462 e. The van der Waals surface area contributed by atoms with E-state index in [1.807, 2.05) is 0 Å². The molecule has 1 aromatic rings. The molecule has 2 N–H and O–H groups in total. The van der Waals surface area contributed by atoms with Gasteiger partial charge in [-0.3, -0.25) is 10.1 Å². The lowest BCUT2D eigenvalue weighted by molar-refractivity contribution is -0.385. The second-order valence-electron chi connectivity index (χ2n) is 5.76. The number of piperidine rings is 1. The quantitative estimate of drug-likeness (QED) is 0.415. The van der Waals surface area contributed by atoms with Crippen molar-refractivity contribution >= 4 is 34.1 Å². The van der Waals surface area contributed by atoms with Crippen LogP contribution in [0.2, 0.25) is 0 Å². The molecule has 1 aliphatic rings. The number of nitrogens with one attached hydrogen (secondary N) is 2. The number of esters is 1. The summed E-state index contributed by atoms with van der Waals surface area (Å²) in [6.07, 6.45) is 1.50. The van der Waals surface area contributed by atoms with Crippen LogP contribution in [0.1, 0.15) is 35.7 Å². The van der Waals surface area contributed by atoms with E-state index in [2.05, 4.69) is 10.0 Å². The molecule has 11 heteroatoms. The van der Waals surface area contributed by atoms with E-state index >= 15 is 0 Å². The predicted octanol–water partition coefficient (Wildman–Crippen LogP) is 1.53. The molecule has 1 aliphatic heterocycles. The van der Waals surface area contributed by atoms with Gasteiger partial charge in [0.1, 0.15) is 0 Å². The molecule has 2 rings (SSSR count). The highest BCUT2D eigenvalue weighted by atomic mass is 35.5. The van der Waals surface area contributed by atoms with Gasteiger partial charge in [-0.1, -0.05) is 0 Å². The van der Waals surface area contributed by atoms with Crippen molar-refractivity contribution in [3.05, 3.63) is 33.4 Å². The third kappa shape index (κ3) is 5.13. The first kappa shape index (κ1) is 22.3. The number of carbonyl (C=O) groups is 1. The fourth-order valence-corrected chi connectivity index (χ4v) is 3.99. The first-order valence-electron chi connectivity index (χ1n) is 7.95. The van der Waals surface area contributed by atoms with Gasteiger partial charge in [-0.25, -0.2) is 17.9 Å². The van der Waals surface area contributed by atoms with Crippen LogP contribution < -0.4 is 10.0 Å². The second-order valence-corrected chi connectivity index (χ2v) is 7.47. The Bertz CT molecular complexity index is 778. The Morgan fingerprint density at radius 2 is 2.15 bits per heavy atom. The van der Waals surface area contributed by atoms with E-state index in [-0.39, 0.29) is 41.1 Å². The van der Waals surface area contributed by atoms with Gasteiger partial charge in [-0.15, -0.1) is 12.4 Å². The Balaban J connectivity index is 0.00000338. The Hall–Kier alpha value is -1.75. The number of nitrogens with zero attached hydrogens (tertiary/aromatic N) is 1. The summed E-state index contributed by atoms with van der Waals surface area (Å²) < 4.78 is 32.6. The Kier molecular flexibility index (Phi) is 7.94. The number of hydrogen-bond donors (Lipinski definition) is 2. The van der Waals surface area contributed by atoms with Crippen molar-refractivity contribution in [3.63, 3.8) is 0 Å². The van der Waals surface area contributed by atoms with Gasteiger partial charge in [0.2, 0.25) is 10.0 Å². The number of hydrogen-bond acceptors (Lipinski definition) is 7. The summed E-state index contributed by atoms with van der Waals surface area (Å²) in [5.41, 5.74) is -0.493. The van der Waals surface area contributed by atoms with Crippen LogP contribution in [-0.2, 0) is 14.8 Å². The number of benzene rings is 1. The maximum absolute atomic E-state index is 12.6. The lowest BCUT2D eigenvalue weighted by Crippen LogP contribution is -2.45. The van der Waals surface area contributed by atoms with Crippen molar-refractivity contribution in [1.29, 1.82) is 0 Å². The van der Waals surface area contributed by atoms with Crippen LogP contribution in [0.25, 0.3) is 0 Å². The summed E-state index contributed by atoms with van der Waals surface area (Å²) in [6, 6.07) is 1.79. The molecule has 0 radical (unpaired) electrons. The van der Waals surface area contributed by atoms with Gasteiger partial charge >= 0.3 is 5.97 Å². The van der Waals surface area contributed by atoms with Crippen molar-refractivity contribution in [2.45, 2.75) is 37.6 Å². The summed E-state index contributed by atoms with van der Waals surface area (Å²) in [7, 11) is -4.01. The van der Waals surface area contributed by atoms with Gasteiger partial charge in [0, 0.05) is 24.2 Å². The Labute approximate surface area is 158 Å². The predicted molar refractivity (Wildman–Crippen MR) is 97.3 cm³/mol. The zero-order chi connectivity index (χ0) is 18.6. The smallest absolute Gasteiger partial charge is 0.338 e. The fraction of sp³-hybridized carbons (Fsp3) is 0.533. The van der Waals surface area contributed by atoms with Crippen LogP contribution in [0.5, 0.6) is 0 Å². The van der Waals surface area contributed by atoms with Crippen LogP contribution in [0, 0.1) is 17.0 Å². The second kappa shape index (κ2) is 9.26. The Morgan fingerprint density at radius 1 is 1.46 bits per heavy atom. The molecule has 0 amide bonds. The van der Waals surface area contributed by atoms with Crippen LogP contribution in [-0.4, -0.2) is 45.0 Å². The molecule has 1 aromatic carbocycles. The summed E-state index contributed by atoms with van der Waals surface area (Å²) >= 11 is 0. The molecule has 1 heterocycles. The van der Waals surface area contributed by atoms with Crippen molar-refractivity contribution in [2.75, 3.05) is 19.7 Å². The highest BCUT2D eigenvalue weighted by molar-refractivity contribution is 7.89. The number of nitro groups is 1. The normalized spacial score (nSPS) is 17.2. The molecule has 0 spiro atoms. The van der Waals surface area contributed by atoms with Crippen LogP contribution >= 0.6 is 12.4 Å². The topological polar surface area (TPSA) is 128 Å². The highest BCUT2D eigenvalue weighted by Gasteiger charge is 2.28. The van der Waals surface area contributed by atoms with E-state index in [1.165, 1.54) is 6.92 Å². The first-order chi connectivity index (χ1) is 11.8. The molecular formula is C15H22ClN3O6S. The van der Waals surface area contributed by atoms with Gasteiger partial charge in [0.25, 0.3) is 5.69 Å². The van der Waals surface area contributed by atoms with Crippen molar-refractivity contribution in [3.8, 4) is 0 Å². The maximum atomic E-state index is 12.6.